The number of anilines is 1. The first kappa shape index (κ1) is 20.2. The second-order valence-corrected chi connectivity index (χ2v) is 6.61. The number of nitriles is 1. The van der Waals surface area contributed by atoms with Crippen LogP contribution in [0.25, 0.3) is 11.3 Å². The molecular weight excluding hydrogens is 392 g/mol. The molecule has 2 N–H and O–H groups in total. The van der Waals surface area contributed by atoms with Gasteiger partial charge in [-0.05, 0) is 54.4 Å². The zero-order valence-corrected chi connectivity index (χ0v) is 16.4. The fourth-order valence-corrected chi connectivity index (χ4v) is 3.15. The summed E-state index contributed by atoms with van der Waals surface area (Å²) in [5.41, 5.74) is 2.19. The van der Waals surface area contributed by atoms with Gasteiger partial charge >= 0.3 is 0 Å². The number of nitrogens with zero attached hydrogens (tertiary/aromatic N) is 1. The third-order valence-electron chi connectivity index (χ3n) is 3.25. The van der Waals surface area contributed by atoms with Crippen LogP contribution in [0.2, 0.25) is 10.0 Å². The fraction of sp³-hybridized carbons (Fsp3) is 0.105. The summed E-state index contributed by atoms with van der Waals surface area (Å²) >= 11 is 13.4. The quantitative estimate of drug-likeness (QED) is 0.451. The molecule has 7 heteroatoms. The van der Waals surface area contributed by atoms with Gasteiger partial charge in [0, 0.05) is 32.4 Å². The molecule has 0 bridgehead atoms. The Bertz CT molecular complexity index is 935. The largest absolute Gasteiger partial charge is 0.360 e. The Labute approximate surface area is 166 Å². The first-order chi connectivity index (χ1) is 12.6. The van der Waals surface area contributed by atoms with E-state index in [0.717, 1.165) is 16.2 Å². The van der Waals surface area contributed by atoms with E-state index in [1.165, 1.54) is 24.1 Å². The first-order valence-electron chi connectivity index (χ1n) is 7.83. The van der Waals surface area contributed by atoms with Gasteiger partial charge in [0.15, 0.2) is 0 Å². The van der Waals surface area contributed by atoms with E-state index in [1.807, 2.05) is 26.0 Å². The van der Waals surface area contributed by atoms with E-state index in [2.05, 4.69) is 9.71 Å². The third kappa shape index (κ3) is 4.95. The normalized spacial score (nSPS) is 9.85. The molecular formula is C19H16Cl2FN3S. The molecule has 26 heavy (non-hydrogen) atoms. The number of aromatic amines is 1. The van der Waals surface area contributed by atoms with E-state index in [1.54, 1.807) is 30.5 Å². The molecule has 0 radical (unpaired) electrons. The Hall–Kier alpha value is -2.13. The van der Waals surface area contributed by atoms with E-state index in [4.69, 9.17) is 28.5 Å². The van der Waals surface area contributed by atoms with Crippen LogP contribution in [0.5, 0.6) is 0 Å². The van der Waals surface area contributed by atoms with Gasteiger partial charge < -0.3 is 9.71 Å². The van der Waals surface area contributed by atoms with Gasteiger partial charge in [-0.1, -0.05) is 37.0 Å². The molecule has 0 amide bonds. The summed E-state index contributed by atoms with van der Waals surface area (Å²) in [6.07, 6.45) is 1.78. The summed E-state index contributed by atoms with van der Waals surface area (Å²) in [6, 6.07) is 13.3. The lowest BCUT2D eigenvalue weighted by atomic mass is 10.1. The van der Waals surface area contributed by atoms with Crippen LogP contribution in [-0.2, 0) is 0 Å². The highest BCUT2D eigenvalue weighted by Crippen LogP contribution is 2.32. The van der Waals surface area contributed by atoms with Crippen molar-refractivity contribution >= 4 is 40.8 Å². The highest BCUT2D eigenvalue weighted by molar-refractivity contribution is 8.00. The molecule has 0 aliphatic carbocycles. The first-order valence-corrected chi connectivity index (χ1v) is 9.40. The van der Waals surface area contributed by atoms with E-state index in [9.17, 15) is 4.39 Å². The summed E-state index contributed by atoms with van der Waals surface area (Å²) < 4.78 is 16.8. The molecule has 0 aliphatic rings. The van der Waals surface area contributed by atoms with E-state index in [-0.39, 0.29) is 5.56 Å². The average Bonchev–Trinajstić information content (AvgIpc) is 3.13. The smallest absolute Gasteiger partial charge is 0.148 e. The monoisotopic (exact) mass is 407 g/mol. The highest BCUT2D eigenvalue weighted by Gasteiger charge is 2.09. The third-order valence-corrected chi connectivity index (χ3v) is 4.61. The Morgan fingerprint density at radius 1 is 1.12 bits per heavy atom. The molecule has 1 aromatic heterocycles. The van der Waals surface area contributed by atoms with Crippen molar-refractivity contribution in [3.8, 4) is 17.3 Å². The van der Waals surface area contributed by atoms with E-state index in [0.29, 0.717) is 15.7 Å². The van der Waals surface area contributed by atoms with Gasteiger partial charge in [0.2, 0.25) is 0 Å². The fourth-order valence-electron chi connectivity index (χ4n) is 2.07. The number of H-pyrrole nitrogens is 1. The minimum absolute atomic E-state index is 0.280. The van der Waals surface area contributed by atoms with Gasteiger partial charge in [0.05, 0.1) is 17.3 Å². The maximum Gasteiger partial charge on any atom is 0.148 e. The van der Waals surface area contributed by atoms with Gasteiger partial charge in [-0.2, -0.15) is 5.26 Å². The van der Waals surface area contributed by atoms with Crippen LogP contribution >= 0.6 is 35.1 Å². The predicted molar refractivity (Wildman–Crippen MR) is 108 cm³/mol. The standard InChI is InChI=1S/C17H10Cl2FN3S.C2H6/c18-11-2-3-14(19)13(6-11)17-7-12(9-22-17)24-23-16-4-1-10(8-21)5-15(16)20;1-2/h1-7,9,22-23H;1-2H3. The molecule has 0 saturated heterocycles. The Kier molecular flexibility index (Phi) is 7.40. The molecule has 0 spiro atoms. The number of hydrogen-bond acceptors (Lipinski definition) is 3. The molecule has 0 aliphatic heterocycles. The lowest BCUT2D eigenvalue weighted by molar-refractivity contribution is 0.632. The molecule has 0 unspecified atom stereocenters. The van der Waals surface area contributed by atoms with Crippen molar-refractivity contribution in [1.29, 1.82) is 5.26 Å². The van der Waals surface area contributed by atoms with Crippen LogP contribution in [-0.4, -0.2) is 4.98 Å². The number of aromatic nitrogens is 1. The van der Waals surface area contributed by atoms with Crippen molar-refractivity contribution < 1.29 is 4.39 Å². The summed E-state index contributed by atoms with van der Waals surface area (Å²) in [5.74, 6) is -0.477. The zero-order valence-electron chi connectivity index (χ0n) is 14.1. The van der Waals surface area contributed by atoms with Crippen molar-refractivity contribution in [2.24, 2.45) is 0 Å². The molecule has 0 fully saturated rings. The van der Waals surface area contributed by atoms with Crippen molar-refractivity contribution in [3.05, 3.63) is 70.1 Å². The predicted octanol–water partition coefficient (Wildman–Crippen LogP) is 7.14. The molecule has 134 valence electrons. The van der Waals surface area contributed by atoms with E-state index >= 15 is 0 Å². The highest BCUT2D eigenvalue weighted by atomic mass is 35.5. The van der Waals surface area contributed by atoms with Gasteiger partial charge in [-0.25, -0.2) is 4.39 Å². The van der Waals surface area contributed by atoms with Crippen LogP contribution < -0.4 is 4.72 Å². The van der Waals surface area contributed by atoms with Crippen molar-refractivity contribution in [3.63, 3.8) is 0 Å². The van der Waals surface area contributed by atoms with Crippen LogP contribution in [0.3, 0.4) is 0 Å². The van der Waals surface area contributed by atoms with Crippen LogP contribution in [0.1, 0.15) is 19.4 Å². The number of halogens is 3. The second-order valence-electron chi connectivity index (χ2n) is 4.88. The molecule has 3 rings (SSSR count). The molecule has 3 aromatic rings. The van der Waals surface area contributed by atoms with Crippen LogP contribution in [0, 0.1) is 17.1 Å². The second kappa shape index (κ2) is 9.54. The number of benzene rings is 2. The minimum Gasteiger partial charge on any atom is -0.360 e. The summed E-state index contributed by atoms with van der Waals surface area (Å²) in [7, 11) is 0. The van der Waals surface area contributed by atoms with Crippen LogP contribution in [0.4, 0.5) is 10.1 Å². The Morgan fingerprint density at radius 3 is 2.58 bits per heavy atom. The number of rotatable bonds is 4. The van der Waals surface area contributed by atoms with Crippen molar-refractivity contribution in [1.82, 2.24) is 4.98 Å². The lowest BCUT2D eigenvalue weighted by Crippen LogP contribution is -1.91. The number of hydrogen-bond donors (Lipinski definition) is 2. The maximum absolute atomic E-state index is 13.8. The SMILES string of the molecule is CC.N#Cc1ccc(NSc2c[nH]c(-c3cc(Cl)ccc3Cl)c2)c(F)c1. The molecule has 1 heterocycles. The van der Waals surface area contributed by atoms with Gasteiger partial charge in [-0.3, -0.25) is 0 Å². The molecule has 2 aromatic carbocycles. The zero-order chi connectivity index (χ0) is 19.1. The molecule has 0 atom stereocenters. The van der Waals surface area contributed by atoms with Gasteiger partial charge in [0.25, 0.3) is 0 Å². The lowest BCUT2D eigenvalue weighted by Gasteiger charge is -2.05. The van der Waals surface area contributed by atoms with E-state index < -0.39 is 5.82 Å². The Balaban J connectivity index is 0.00000117. The topological polar surface area (TPSA) is 51.6 Å². The average molecular weight is 408 g/mol. The van der Waals surface area contributed by atoms with Crippen LogP contribution in [0.15, 0.2) is 53.6 Å². The summed E-state index contributed by atoms with van der Waals surface area (Å²) in [5, 5.41) is 9.93. The molecule has 3 nitrogen and oxygen atoms in total. The number of nitrogens with one attached hydrogen (secondary N) is 2. The molecule has 0 saturated carbocycles. The Morgan fingerprint density at radius 2 is 1.88 bits per heavy atom. The summed E-state index contributed by atoms with van der Waals surface area (Å²) in [6.45, 7) is 4.00. The minimum atomic E-state index is -0.477. The van der Waals surface area contributed by atoms with Crippen molar-refractivity contribution in [2.45, 2.75) is 18.7 Å². The van der Waals surface area contributed by atoms with Gasteiger partial charge in [0.1, 0.15) is 5.82 Å². The van der Waals surface area contributed by atoms with Crippen molar-refractivity contribution in [2.75, 3.05) is 4.72 Å². The summed E-state index contributed by atoms with van der Waals surface area (Å²) in [4.78, 5) is 3.97. The maximum atomic E-state index is 13.8. The van der Waals surface area contributed by atoms with Gasteiger partial charge in [-0.15, -0.1) is 0 Å².